The molecule has 104 valence electrons. The normalized spacial score (nSPS) is 11.9. The number of amides is 1. The van der Waals surface area contributed by atoms with Gasteiger partial charge in [0.05, 0.1) is 11.5 Å². The first-order valence-corrected chi connectivity index (χ1v) is 7.46. The molecule has 1 aromatic carbocycles. The third kappa shape index (κ3) is 5.32. The van der Waals surface area contributed by atoms with E-state index in [-0.39, 0.29) is 11.8 Å². The number of halogens is 2. The Hall–Kier alpha value is -0.880. The van der Waals surface area contributed by atoms with Crippen LogP contribution < -0.4 is 5.32 Å². The zero-order valence-electron chi connectivity index (χ0n) is 10.5. The molecule has 1 unspecified atom stereocenters. The van der Waals surface area contributed by atoms with Crippen LogP contribution in [0.3, 0.4) is 0 Å². The first-order chi connectivity index (χ1) is 8.91. The first kappa shape index (κ1) is 16.2. The molecule has 0 heterocycles. The highest BCUT2D eigenvalue weighted by molar-refractivity contribution is 9.11. The van der Waals surface area contributed by atoms with Crippen molar-refractivity contribution in [3.05, 3.63) is 32.7 Å². The van der Waals surface area contributed by atoms with Crippen molar-refractivity contribution in [2.45, 2.75) is 19.8 Å². The lowest BCUT2D eigenvalue weighted by Crippen LogP contribution is -2.25. The van der Waals surface area contributed by atoms with Crippen LogP contribution in [0.2, 0.25) is 0 Å². The predicted molar refractivity (Wildman–Crippen MR) is 80.2 cm³/mol. The summed E-state index contributed by atoms with van der Waals surface area (Å²) in [6.45, 7) is 2.13. The molecular formula is C13H15Br2NO3. The number of carboxylic acids is 1. The van der Waals surface area contributed by atoms with Crippen molar-refractivity contribution in [2.75, 3.05) is 6.54 Å². The molecule has 4 nitrogen and oxygen atoms in total. The highest BCUT2D eigenvalue weighted by Crippen LogP contribution is 2.21. The van der Waals surface area contributed by atoms with Crippen LogP contribution in [0.5, 0.6) is 0 Å². The van der Waals surface area contributed by atoms with Crippen LogP contribution in [0.15, 0.2) is 27.1 Å². The van der Waals surface area contributed by atoms with Crippen molar-refractivity contribution < 1.29 is 14.7 Å². The maximum absolute atomic E-state index is 11.9. The smallest absolute Gasteiger partial charge is 0.306 e. The summed E-state index contributed by atoms with van der Waals surface area (Å²) >= 11 is 6.65. The quantitative estimate of drug-likeness (QED) is 0.728. The predicted octanol–water partition coefficient (Wildman–Crippen LogP) is 3.44. The molecule has 0 aliphatic rings. The fourth-order valence-electron chi connectivity index (χ4n) is 1.50. The van der Waals surface area contributed by atoms with Gasteiger partial charge in [0, 0.05) is 15.5 Å². The Morgan fingerprint density at radius 2 is 2.05 bits per heavy atom. The van der Waals surface area contributed by atoms with E-state index in [1.807, 2.05) is 0 Å². The number of hydrogen-bond donors (Lipinski definition) is 2. The Balaban J connectivity index is 2.41. The van der Waals surface area contributed by atoms with Crippen LogP contribution >= 0.6 is 31.9 Å². The number of hydrogen-bond acceptors (Lipinski definition) is 2. The first-order valence-electron chi connectivity index (χ1n) is 5.88. The third-order valence-electron chi connectivity index (χ3n) is 2.70. The summed E-state index contributed by atoms with van der Waals surface area (Å²) in [6, 6.07) is 5.33. The van der Waals surface area contributed by atoms with Crippen LogP contribution in [0, 0.1) is 5.92 Å². The van der Waals surface area contributed by atoms with Crippen LogP contribution in [-0.2, 0) is 4.79 Å². The van der Waals surface area contributed by atoms with Gasteiger partial charge in [-0.15, -0.1) is 0 Å². The molecule has 19 heavy (non-hydrogen) atoms. The van der Waals surface area contributed by atoms with Crippen molar-refractivity contribution >= 4 is 43.7 Å². The van der Waals surface area contributed by atoms with E-state index < -0.39 is 5.97 Å². The second-order valence-corrected chi connectivity index (χ2v) is 6.03. The van der Waals surface area contributed by atoms with Gasteiger partial charge >= 0.3 is 5.97 Å². The Bertz CT molecular complexity index is 477. The van der Waals surface area contributed by atoms with Gasteiger partial charge in [0.1, 0.15) is 0 Å². The number of carboxylic acid groups (broad SMARTS) is 1. The van der Waals surface area contributed by atoms with Gasteiger partial charge in [0.2, 0.25) is 0 Å². The number of nitrogens with one attached hydrogen (secondary N) is 1. The molecule has 1 rings (SSSR count). The summed E-state index contributed by atoms with van der Waals surface area (Å²) in [5, 5.41) is 11.5. The van der Waals surface area contributed by atoms with Gasteiger partial charge in [-0.3, -0.25) is 9.59 Å². The minimum atomic E-state index is -0.804. The van der Waals surface area contributed by atoms with Crippen molar-refractivity contribution in [1.29, 1.82) is 0 Å². The van der Waals surface area contributed by atoms with Crippen LogP contribution in [0.1, 0.15) is 30.1 Å². The van der Waals surface area contributed by atoms with Gasteiger partial charge in [-0.2, -0.15) is 0 Å². The average Bonchev–Trinajstić information content (AvgIpc) is 2.33. The molecule has 0 saturated carbocycles. The lowest BCUT2D eigenvalue weighted by Gasteiger charge is -2.08. The molecule has 0 aliphatic heterocycles. The Morgan fingerprint density at radius 3 is 2.63 bits per heavy atom. The topological polar surface area (TPSA) is 66.4 Å². The van der Waals surface area contributed by atoms with E-state index >= 15 is 0 Å². The summed E-state index contributed by atoms with van der Waals surface area (Å²) < 4.78 is 1.62. The summed E-state index contributed by atoms with van der Waals surface area (Å²) in [4.78, 5) is 22.5. The molecule has 0 fully saturated rings. The summed E-state index contributed by atoms with van der Waals surface area (Å²) in [6.07, 6.45) is 1.20. The molecule has 1 amide bonds. The van der Waals surface area contributed by atoms with Gasteiger partial charge in [0.15, 0.2) is 0 Å². The molecule has 1 atom stereocenters. The second kappa shape index (κ2) is 7.65. The van der Waals surface area contributed by atoms with Crippen LogP contribution in [0.25, 0.3) is 0 Å². The number of carbonyl (C=O) groups excluding carboxylic acids is 1. The van der Waals surface area contributed by atoms with Crippen molar-refractivity contribution in [3.63, 3.8) is 0 Å². The fraction of sp³-hybridized carbons (Fsp3) is 0.385. The SMILES string of the molecule is CC(CCCNC(=O)c1ccc(Br)cc1Br)C(=O)O. The third-order valence-corrected chi connectivity index (χ3v) is 3.85. The number of rotatable bonds is 6. The molecule has 0 spiro atoms. The van der Waals surface area contributed by atoms with E-state index in [1.165, 1.54) is 0 Å². The van der Waals surface area contributed by atoms with Crippen LogP contribution in [-0.4, -0.2) is 23.5 Å². The Kier molecular flexibility index (Phi) is 6.51. The Labute approximate surface area is 128 Å². The lowest BCUT2D eigenvalue weighted by atomic mass is 10.1. The molecule has 0 aromatic heterocycles. The molecule has 0 radical (unpaired) electrons. The van der Waals surface area contributed by atoms with E-state index in [0.717, 1.165) is 8.95 Å². The molecule has 0 saturated heterocycles. The van der Waals surface area contributed by atoms with Crippen molar-refractivity contribution in [2.24, 2.45) is 5.92 Å². The van der Waals surface area contributed by atoms with Gasteiger partial charge in [-0.05, 0) is 47.0 Å². The fourth-order valence-corrected chi connectivity index (χ4v) is 2.73. The van der Waals surface area contributed by atoms with Gasteiger partial charge in [-0.25, -0.2) is 0 Å². The van der Waals surface area contributed by atoms with Gasteiger partial charge in [-0.1, -0.05) is 22.9 Å². The lowest BCUT2D eigenvalue weighted by molar-refractivity contribution is -0.141. The standard InChI is InChI=1S/C13H15Br2NO3/c1-8(13(18)19)3-2-6-16-12(17)10-5-4-9(14)7-11(10)15/h4-5,7-8H,2-3,6H2,1H3,(H,16,17)(H,18,19). The van der Waals surface area contributed by atoms with Crippen molar-refractivity contribution in [1.82, 2.24) is 5.32 Å². The van der Waals surface area contributed by atoms with E-state index in [4.69, 9.17) is 5.11 Å². The monoisotopic (exact) mass is 391 g/mol. The van der Waals surface area contributed by atoms with E-state index in [1.54, 1.807) is 25.1 Å². The minimum Gasteiger partial charge on any atom is -0.481 e. The maximum atomic E-state index is 11.9. The molecule has 6 heteroatoms. The molecule has 0 bridgehead atoms. The largest absolute Gasteiger partial charge is 0.481 e. The second-order valence-electron chi connectivity index (χ2n) is 4.26. The van der Waals surface area contributed by atoms with E-state index in [0.29, 0.717) is 24.9 Å². The van der Waals surface area contributed by atoms with E-state index in [2.05, 4.69) is 37.2 Å². The summed E-state index contributed by atoms with van der Waals surface area (Å²) in [5.41, 5.74) is 0.564. The molecule has 2 N–H and O–H groups in total. The van der Waals surface area contributed by atoms with Gasteiger partial charge in [0.25, 0.3) is 5.91 Å². The summed E-state index contributed by atoms with van der Waals surface area (Å²) in [5.74, 6) is -1.35. The highest BCUT2D eigenvalue weighted by Gasteiger charge is 2.12. The molecular weight excluding hydrogens is 378 g/mol. The zero-order valence-corrected chi connectivity index (χ0v) is 13.6. The van der Waals surface area contributed by atoms with Crippen molar-refractivity contribution in [3.8, 4) is 0 Å². The van der Waals surface area contributed by atoms with Gasteiger partial charge < -0.3 is 10.4 Å². The van der Waals surface area contributed by atoms with Crippen LogP contribution in [0.4, 0.5) is 0 Å². The Morgan fingerprint density at radius 1 is 1.37 bits per heavy atom. The van der Waals surface area contributed by atoms with E-state index in [9.17, 15) is 9.59 Å². The minimum absolute atomic E-state index is 0.164. The summed E-state index contributed by atoms with van der Waals surface area (Å²) in [7, 11) is 0. The molecule has 0 aliphatic carbocycles. The average molecular weight is 393 g/mol. The number of benzene rings is 1. The number of aliphatic carboxylic acids is 1. The highest BCUT2D eigenvalue weighted by atomic mass is 79.9. The maximum Gasteiger partial charge on any atom is 0.306 e. The molecule has 1 aromatic rings. The zero-order chi connectivity index (χ0) is 14.4. The number of carbonyl (C=O) groups is 2.